The highest BCUT2D eigenvalue weighted by Crippen LogP contribution is 2.24. The van der Waals surface area contributed by atoms with Gasteiger partial charge in [0.15, 0.2) is 5.65 Å². The predicted molar refractivity (Wildman–Crippen MR) is 54.6 cm³/mol. The number of fused-ring (bicyclic) bond motifs is 1. The van der Waals surface area contributed by atoms with Crippen molar-refractivity contribution in [1.82, 2.24) is 15.0 Å². The van der Waals surface area contributed by atoms with Gasteiger partial charge >= 0.3 is 5.97 Å². The Bertz CT molecular complexity index is 492. The minimum Gasteiger partial charge on any atom is -0.481 e. The molecule has 0 amide bonds. The van der Waals surface area contributed by atoms with E-state index in [1.807, 2.05) is 13.0 Å². The zero-order chi connectivity index (χ0) is 10.8. The molecule has 78 valence electrons. The van der Waals surface area contributed by atoms with Crippen LogP contribution in [0.3, 0.4) is 0 Å². The number of nitrogens with one attached hydrogen (secondary N) is 1. The normalized spacial score (nSPS) is 12.9. The zero-order valence-corrected chi connectivity index (χ0v) is 8.27. The number of aromatic amines is 1. The molecule has 5 heteroatoms. The monoisotopic (exact) mass is 205 g/mol. The number of rotatable bonds is 3. The molecule has 0 aromatic carbocycles. The predicted octanol–water partition coefficient (Wildman–Crippen LogP) is 1.54. The van der Waals surface area contributed by atoms with Gasteiger partial charge in [-0.3, -0.25) is 4.79 Å². The SMILES string of the molecule is CC(CC(=O)O)c1ccnc2nc[nH]c12. The van der Waals surface area contributed by atoms with Crippen LogP contribution in [-0.4, -0.2) is 26.0 Å². The number of hydrogen-bond acceptors (Lipinski definition) is 3. The Morgan fingerprint density at radius 2 is 2.40 bits per heavy atom. The maximum atomic E-state index is 10.6. The Balaban J connectivity index is 2.42. The second-order valence-corrected chi connectivity index (χ2v) is 3.50. The summed E-state index contributed by atoms with van der Waals surface area (Å²) in [6, 6.07) is 1.83. The van der Waals surface area contributed by atoms with Crippen LogP contribution in [0.5, 0.6) is 0 Å². The topological polar surface area (TPSA) is 78.9 Å². The fourth-order valence-corrected chi connectivity index (χ4v) is 1.65. The van der Waals surface area contributed by atoms with Gasteiger partial charge in [-0.25, -0.2) is 9.97 Å². The number of nitrogens with zero attached hydrogens (tertiary/aromatic N) is 2. The van der Waals surface area contributed by atoms with Gasteiger partial charge in [-0.15, -0.1) is 0 Å². The molecular weight excluding hydrogens is 194 g/mol. The molecule has 2 N–H and O–H groups in total. The van der Waals surface area contributed by atoms with Crippen molar-refractivity contribution in [3.05, 3.63) is 24.2 Å². The van der Waals surface area contributed by atoms with Crippen LogP contribution in [0.2, 0.25) is 0 Å². The molecule has 0 aliphatic heterocycles. The van der Waals surface area contributed by atoms with Crippen LogP contribution in [0.15, 0.2) is 18.6 Å². The van der Waals surface area contributed by atoms with Gasteiger partial charge in [-0.05, 0) is 17.5 Å². The summed E-state index contributed by atoms with van der Waals surface area (Å²) in [5, 5.41) is 8.73. The first-order valence-electron chi connectivity index (χ1n) is 4.68. The molecule has 0 fully saturated rings. The lowest BCUT2D eigenvalue weighted by Crippen LogP contribution is -2.03. The third kappa shape index (κ3) is 1.81. The molecule has 0 aliphatic carbocycles. The van der Waals surface area contributed by atoms with Crippen LogP contribution in [0.1, 0.15) is 24.8 Å². The molecule has 2 aromatic rings. The van der Waals surface area contributed by atoms with E-state index >= 15 is 0 Å². The van der Waals surface area contributed by atoms with E-state index in [1.165, 1.54) is 0 Å². The van der Waals surface area contributed by atoms with Gasteiger partial charge in [0, 0.05) is 6.20 Å². The van der Waals surface area contributed by atoms with E-state index in [0.717, 1.165) is 11.1 Å². The summed E-state index contributed by atoms with van der Waals surface area (Å²) in [7, 11) is 0. The van der Waals surface area contributed by atoms with E-state index in [2.05, 4.69) is 15.0 Å². The van der Waals surface area contributed by atoms with Gasteiger partial charge in [0.05, 0.1) is 18.3 Å². The van der Waals surface area contributed by atoms with E-state index in [0.29, 0.717) is 5.65 Å². The molecule has 1 unspecified atom stereocenters. The first kappa shape index (κ1) is 9.64. The zero-order valence-electron chi connectivity index (χ0n) is 8.27. The van der Waals surface area contributed by atoms with Crippen molar-refractivity contribution in [2.45, 2.75) is 19.3 Å². The summed E-state index contributed by atoms with van der Waals surface area (Å²) in [4.78, 5) is 21.7. The van der Waals surface area contributed by atoms with E-state index in [-0.39, 0.29) is 12.3 Å². The molecule has 15 heavy (non-hydrogen) atoms. The Morgan fingerprint density at radius 3 is 3.13 bits per heavy atom. The summed E-state index contributed by atoms with van der Waals surface area (Å²) in [6.45, 7) is 1.88. The highest BCUT2D eigenvalue weighted by atomic mass is 16.4. The second-order valence-electron chi connectivity index (χ2n) is 3.50. The average Bonchev–Trinajstić information content (AvgIpc) is 2.63. The number of hydrogen-bond donors (Lipinski definition) is 2. The highest BCUT2D eigenvalue weighted by molar-refractivity contribution is 5.76. The van der Waals surface area contributed by atoms with Crippen LogP contribution < -0.4 is 0 Å². The highest BCUT2D eigenvalue weighted by Gasteiger charge is 2.14. The number of carbonyl (C=O) groups is 1. The van der Waals surface area contributed by atoms with E-state index < -0.39 is 5.97 Å². The Hall–Kier alpha value is -1.91. The molecule has 0 spiro atoms. The first-order chi connectivity index (χ1) is 7.18. The lowest BCUT2D eigenvalue weighted by molar-refractivity contribution is -0.137. The first-order valence-corrected chi connectivity index (χ1v) is 4.68. The number of aliphatic carboxylic acids is 1. The molecule has 0 bridgehead atoms. The van der Waals surface area contributed by atoms with Crippen molar-refractivity contribution in [1.29, 1.82) is 0 Å². The van der Waals surface area contributed by atoms with E-state index in [4.69, 9.17) is 5.11 Å². The lowest BCUT2D eigenvalue weighted by Gasteiger charge is -2.09. The number of imidazole rings is 1. The number of carboxylic acids is 1. The molecule has 2 heterocycles. The Morgan fingerprint density at radius 1 is 1.60 bits per heavy atom. The molecule has 2 rings (SSSR count). The Kier molecular flexibility index (Phi) is 2.37. The lowest BCUT2D eigenvalue weighted by atomic mass is 9.98. The molecule has 0 radical (unpaired) electrons. The van der Waals surface area contributed by atoms with E-state index in [9.17, 15) is 4.79 Å². The van der Waals surface area contributed by atoms with Gasteiger partial charge < -0.3 is 10.1 Å². The summed E-state index contributed by atoms with van der Waals surface area (Å²) in [5.41, 5.74) is 2.40. The van der Waals surface area contributed by atoms with Crippen LogP contribution in [0.4, 0.5) is 0 Å². The third-order valence-corrected chi connectivity index (χ3v) is 2.37. The summed E-state index contributed by atoms with van der Waals surface area (Å²) >= 11 is 0. The second kappa shape index (κ2) is 3.68. The summed E-state index contributed by atoms with van der Waals surface area (Å²) in [5.74, 6) is -0.847. The number of H-pyrrole nitrogens is 1. The van der Waals surface area contributed by atoms with Gasteiger partial charge in [0.1, 0.15) is 0 Å². The molecule has 0 saturated heterocycles. The van der Waals surface area contributed by atoms with Gasteiger partial charge in [-0.2, -0.15) is 0 Å². The van der Waals surface area contributed by atoms with Crippen molar-refractivity contribution >= 4 is 17.1 Å². The maximum absolute atomic E-state index is 10.6. The van der Waals surface area contributed by atoms with Gasteiger partial charge in [0.25, 0.3) is 0 Å². The minimum absolute atomic E-state index is 0.0477. The number of pyridine rings is 1. The molecule has 0 saturated carbocycles. The molecule has 5 nitrogen and oxygen atoms in total. The maximum Gasteiger partial charge on any atom is 0.303 e. The molecule has 1 atom stereocenters. The fourth-order valence-electron chi connectivity index (χ4n) is 1.65. The number of carboxylic acid groups (broad SMARTS) is 1. The van der Waals surface area contributed by atoms with E-state index in [1.54, 1.807) is 12.5 Å². The molecule has 0 aliphatic rings. The van der Waals surface area contributed by atoms with Crippen molar-refractivity contribution < 1.29 is 9.90 Å². The van der Waals surface area contributed by atoms with Crippen LogP contribution in [-0.2, 0) is 4.79 Å². The van der Waals surface area contributed by atoms with Crippen molar-refractivity contribution in [2.24, 2.45) is 0 Å². The van der Waals surface area contributed by atoms with Crippen LogP contribution in [0, 0.1) is 0 Å². The average molecular weight is 205 g/mol. The number of aromatic nitrogens is 3. The molecule has 2 aromatic heterocycles. The van der Waals surface area contributed by atoms with Gasteiger partial charge in [0.2, 0.25) is 0 Å². The third-order valence-electron chi connectivity index (χ3n) is 2.37. The van der Waals surface area contributed by atoms with Crippen molar-refractivity contribution in [3.63, 3.8) is 0 Å². The Labute approximate surface area is 86.2 Å². The van der Waals surface area contributed by atoms with Crippen molar-refractivity contribution in [2.75, 3.05) is 0 Å². The quantitative estimate of drug-likeness (QED) is 0.796. The fraction of sp³-hybridized carbons (Fsp3) is 0.300. The van der Waals surface area contributed by atoms with Crippen molar-refractivity contribution in [3.8, 4) is 0 Å². The van der Waals surface area contributed by atoms with Crippen LogP contribution >= 0.6 is 0 Å². The smallest absolute Gasteiger partial charge is 0.303 e. The van der Waals surface area contributed by atoms with Gasteiger partial charge in [-0.1, -0.05) is 6.92 Å². The summed E-state index contributed by atoms with van der Waals surface area (Å²) in [6.07, 6.45) is 3.32. The minimum atomic E-state index is -0.799. The molecular formula is C10H11N3O2. The van der Waals surface area contributed by atoms with Crippen LogP contribution in [0.25, 0.3) is 11.2 Å². The summed E-state index contributed by atoms with van der Waals surface area (Å²) < 4.78 is 0. The standard InChI is InChI=1S/C10H11N3O2/c1-6(4-8(14)15)7-2-3-11-10-9(7)12-5-13-10/h2-3,5-6H,4H2,1H3,(H,14,15)(H,11,12,13). The largest absolute Gasteiger partial charge is 0.481 e.